The van der Waals surface area contributed by atoms with Crippen LogP contribution in [0.5, 0.6) is 0 Å². The van der Waals surface area contributed by atoms with E-state index in [0.717, 1.165) is 5.56 Å². The van der Waals surface area contributed by atoms with Crippen molar-refractivity contribution < 1.29 is 9.53 Å². The monoisotopic (exact) mass is 322 g/mol. The first-order valence-corrected chi connectivity index (χ1v) is 8.03. The molecule has 1 saturated heterocycles. The van der Waals surface area contributed by atoms with Crippen molar-refractivity contribution in [2.24, 2.45) is 0 Å². The molecule has 110 valence electrons. The van der Waals surface area contributed by atoms with Crippen LogP contribution in [-0.4, -0.2) is 35.0 Å². The Morgan fingerprint density at radius 2 is 2.38 bits per heavy atom. The molecule has 1 aromatic carbocycles. The average Bonchev–Trinajstić information content (AvgIpc) is 3.01. The maximum absolute atomic E-state index is 12.5. The van der Waals surface area contributed by atoms with E-state index in [1.54, 1.807) is 10.9 Å². The van der Waals surface area contributed by atoms with Crippen LogP contribution in [-0.2, 0) is 4.74 Å². The van der Waals surface area contributed by atoms with Crippen LogP contribution in [0.2, 0.25) is 5.02 Å². The first-order valence-electron chi connectivity index (χ1n) is 6.71. The molecule has 6 heteroatoms. The summed E-state index contributed by atoms with van der Waals surface area (Å²) in [5.41, 5.74) is 3.16. The fourth-order valence-electron chi connectivity index (χ4n) is 2.41. The first kappa shape index (κ1) is 14.5. The van der Waals surface area contributed by atoms with Gasteiger partial charge in [-0.15, -0.1) is 11.3 Å². The molecule has 0 aliphatic carbocycles. The maximum atomic E-state index is 12.5. The average molecular weight is 323 g/mol. The molecule has 1 amide bonds. The van der Waals surface area contributed by atoms with Crippen LogP contribution in [0.15, 0.2) is 35.2 Å². The standard InChI is InChI=1S/C15H15ClN2O2S/c1-10-7-20-14(11-3-2-4-12(16)5-11)6-18(10)15(19)13-8-21-9-17-13/h2-5,8-10,14H,6-7H2,1H3. The number of carbonyl (C=O) groups excluding carboxylic acids is 1. The highest BCUT2D eigenvalue weighted by Gasteiger charge is 2.31. The Bertz CT molecular complexity index is 632. The normalized spacial score (nSPS) is 22.3. The third-order valence-corrected chi connectivity index (χ3v) is 4.39. The number of ether oxygens (including phenoxy) is 1. The van der Waals surface area contributed by atoms with E-state index in [1.165, 1.54) is 11.3 Å². The van der Waals surface area contributed by atoms with Crippen molar-refractivity contribution in [3.05, 3.63) is 51.4 Å². The van der Waals surface area contributed by atoms with Crippen molar-refractivity contribution in [3.63, 3.8) is 0 Å². The fourth-order valence-corrected chi connectivity index (χ4v) is 3.14. The summed E-state index contributed by atoms with van der Waals surface area (Å²) in [6.07, 6.45) is -0.150. The molecule has 1 aromatic heterocycles. The zero-order valence-corrected chi connectivity index (χ0v) is 13.1. The van der Waals surface area contributed by atoms with E-state index in [4.69, 9.17) is 16.3 Å². The summed E-state index contributed by atoms with van der Waals surface area (Å²) in [4.78, 5) is 18.4. The predicted octanol–water partition coefficient (Wildman–Crippen LogP) is 3.40. The second-order valence-electron chi connectivity index (χ2n) is 5.06. The number of amides is 1. The second-order valence-corrected chi connectivity index (χ2v) is 6.21. The first-order chi connectivity index (χ1) is 10.1. The van der Waals surface area contributed by atoms with Crippen molar-refractivity contribution in [2.45, 2.75) is 19.1 Å². The molecule has 0 spiro atoms. The number of hydrogen-bond acceptors (Lipinski definition) is 4. The van der Waals surface area contributed by atoms with Gasteiger partial charge in [-0.1, -0.05) is 23.7 Å². The molecule has 1 fully saturated rings. The minimum absolute atomic E-state index is 0.0367. The number of carbonyl (C=O) groups is 1. The van der Waals surface area contributed by atoms with Crippen molar-refractivity contribution in [1.29, 1.82) is 0 Å². The molecule has 1 aliphatic rings. The highest BCUT2D eigenvalue weighted by Crippen LogP contribution is 2.27. The Kier molecular flexibility index (Phi) is 4.24. The molecule has 0 bridgehead atoms. The molecular weight excluding hydrogens is 308 g/mol. The van der Waals surface area contributed by atoms with Gasteiger partial charge in [-0.25, -0.2) is 4.98 Å². The minimum Gasteiger partial charge on any atom is -0.370 e. The Labute approximate surface area is 132 Å². The molecule has 1 aliphatic heterocycles. The highest BCUT2D eigenvalue weighted by molar-refractivity contribution is 7.07. The van der Waals surface area contributed by atoms with Gasteiger partial charge >= 0.3 is 0 Å². The van der Waals surface area contributed by atoms with E-state index in [1.807, 2.05) is 36.1 Å². The van der Waals surface area contributed by atoms with Crippen LogP contribution in [0.4, 0.5) is 0 Å². The van der Waals surface area contributed by atoms with Crippen molar-refractivity contribution in [1.82, 2.24) is 9.88 Å². The van der Waals surface area contributed by atoms with Crippen molar-refractivity contribution in [2.75, 3.05) is 13.2 Å². The van der Waals surface area contributed by atoms with E-state index in [-0.39, 0.29) is 18.1 Å². The topological polar surface area (TPSA) is 42.4 Å². The Balaban J connectivity index is 1.80. The largest absolute Gasteiger partial charge is 0.370 e. The van der Waals surface area contributed by atoms with E-state index >= 15 is 0 Å². The summed E-state index contributed by atoms with van der Waals surface area (Å²) in [6, 6.07) is 7.61. The molecule has 0 N–H and O–H groups in total. The van der Waals surface area contributed by atoms with E-state index in [9.17, 15) is 4.79 Å². The van der Waals surface area contributed by atoms with Crippen LogP contribution in [0, 0.1) is 0 Å². The molecule has 2 heterocycles. The number of halogens is 1. The zero-order chi connectivity index (χ0) is 14.8. The summed E-state index contributed by atoms with van der Waals surface area (Å²) in [5, 5.41) is 2.45. The van der Waals surface area contributed by atoms with Gasteiger partial charge in [-0.05, 0) is 24.6 Å². The van der Waals surface area contributed by atoms with E-state index in [2.05, 4.69) is 4.98 Å². The minimum atomic E-state index is -0.150. The second kappa shape index (κ2) is 6.13. The zero-order valence-electron chi connectivity index (χ0n) is 11.5. The Morgan fingerprint density at radius 3 is 3.10 bits per heavy atom. The molecule has 0 saturated carbocycles. The van der Waals surface area contributed by atoms with Gasteiger partial charge in [0.15, 0.2) is 0 Å². The third-order valence-electron chi connectivity index (χ3n) is 3.57. The SMILES string of the molecule is CC1COC(c2cccc(Cl)c2)CN1C(=O)c1cscn1. The summed E-state index contributed by atoms with van der Waals surface area (Å²) < 4.78 is 5.86. The van der Waals surface area contributed by atoms with Gasteiger partial charge in [0, 0.05) is 10.4 Å². The van der Waals surface area contributed by atoms with E-state index in [0.29, 0.717) is 23.9 Å². The number of rotatable bonds is 2. The summed E-state index contributed by atoms with van der Waals surface area (Å²) in [7, 11) is 0. The quantitative estimate of drug-likeness (QED) is 0.851. The smallest absolute Gasteiger partial charge is 0.273 e. The lowest BCUT2D eigenvalue weighted by Crippen LogP contribution is -2.48. The number of thiazole rings is 1. The summed E-state index contributed by atoms with van der Waals surface area (Å²) >= 11 is 7.45. The number of morpholine rings is 1. The lowest BCUT2D eigenvalue weighted by atomic mass is 10.1. The van der Waals surface area contributed by atoms with Crippen LogP contribution in [0.3, 0.4) is 0 Å². The lowest BCUT2D eigenvalue weighted by Gasteiger charge is -2.38. The van der Waals surface area contributed by atoms with Crippen LogP contribution in [0.1, 0.15) is 29.1 Å². The highest BCUT2D eigenvalue weighted by atomic mass is 35.5. The van der Waals surface area contributed by atoms with Gasteiger partial charge in [0.2, 0.25) is 0 Å². The van der Waals surface area contributed by atoms with Crippen molar-refractivity contribution in [3.8, 4) is 0 Å². The molecule has 2 aromatic rings. The Hall–Kier alpha value is -1.43. The Morgan fingerprint density at radius 1 is 1.52 bits per heavy atom. The number of benzene rings is 1. The number of nitrogens with zero attached hydrogens (tertiary/aromatic N) is 2. The molecule has 4 nitrogen and oxygen atoms in total. The maximum Gasteiger partial charge on any atom is 0.273 e. The van der Waals surface area contributed by atoms with Gasteiger partial charge in [-0.2, -0.15) is 0 Å². The van der Waals surface area contributed by atoms with E-state index < -0.39 is 0 Å². The van der Waals surface area contributed by atoms with Crippen molar-refractivity contribution >= 4 is 28.8 Å². The lowest BCUT2D eigenvalue weighted by molar-refractivity contribution is -0.0488. The molecule has 2 unspecified atom stereocenters. The van der Waals surface area contributed by atoms with Crippen LogP contribution >= 0.6 is 22.9 Å². The van der Waals surface area contributed by atoms with Gasteiger partial charge in [0.25, 0.3) is 5.91 Å². The summed E-state index contributed by atoms with van der Waals surface area (Å²) in [6.45, 7) is 3.00. The third kappa shape index (κ3) is 3.10. The fraction of sp³-hybridized carbons (Fsp3) is 0.333. The van der Waals surface area contributed by atoms with Gasteiger partial charge in [0.05, 0.1) is 24.7 Å². The molecule has 0 radical (unpaired) electrons. The van der Waals surface area contributed by atoms with Crippen LogP contribution < -0.4 is 0 Å². The number of hydrogen-bond donors (Lipinski definition) is 0. The van der Waals surface area contributed by atoms with Gasteiger partial charge in [0.1, 0.15) is 11.8 Å². The predicted molar refractivity (Wildman–Crippen MR) is 82.8 cm³/mol. The molecular formula is C15H15ClN2O2S. The number of aromatic nitrogens is 1. The van der Waals surface area contributed by atoms with Gasteiger partial charge < -0.3 is 9.64 Å². The molecule has 2 atom stereocenters. The molecule has 21 heavy (non-hydrogen) atoms. The summed E-state index contributed by atoms with van der Waals surface area (Å²) in [5.74, 6) is -0.0425. The van der Waals surface area contributed by atoms with Gasteiger partial charge in [-0.3, -0.25) is 4.79 Å². The molecule has 3 rings (SSSR count). The van der Waals surface area contributed by atoms with Crippen LogP contribution in [0.25, 0.3) is 0 Å².